The number of anilines is 1. The Morgan fingerprint density at radius 3 is 2.79 bits per heavy atom. The number of halogens is 2. The summed E-state index contributed by atoms with van der Waals surface area (Å²) in [4.78, 5) is 24.3. The highest BCUT2D eigenvalue weighted by Crippen LogP contribution is 2.30. The van der Waals surface area contributed by atoms with Crippen LogP contribution in [-0.4, -0.2) is 62.3 Å². The van der Waals surface area contributed by atoms with Crippen molar-refractivity contribution in [2.75, 3.05) is 51.3 Å². The Morgan fingerprint density at radius 1 is 1.26 bits per heavy atom. The van der Waals surface area contributed by atoms with E-state index in [1.54, 1.807) is 24.4 Å². The summed E-state index contributed by atoms with van der Waals surface area (Å²) in [5, 5.41) is 5.90. The highest BCUT2D eigenvalue weighted by atomic mass is 35.5. The molecule has 0 spiro atoms. The number of amides is 1. The zero-order valence-corrected chi connectivity index (χ0v) is 19.9. The molecule has 4 rings (SSSR count). The number of carbonyl (C=O) groups is 1. The maximum atomic E-state index is 14.0. The number of hydrogen-bond acceptors (Lipinski definition) is 7. The summed E-state index contributed by atoms with van der Waals surface area (Å²) in [5.41, 5.74) is 2.32. The number of likely N-dealkylation sites (N-methyl/N-ethyl adjacent to an activating group) is 1. The summed E-state index contributed by atoms with van der Waals surface area (Å²) in [6.07, 6.45) is 1.17. The highest BCUT2D eigenvalue weighted by molar-refractivity contribution is 6.30. The molecule has 2 aromatic carbocycles. The maximum absolute atomic E-state index is 14.0. The Balaban J connectivity index is 1.72. The van der Waals surface area contributed by atoms with Gasteiger partial charge in [0.15, 0.2) is 0 Å². The minimum Gasteiger partial charge on any atom is -0.486 e. The van der Waals surface area contributed by atoms with Crippen molar-refractivity contribution in [3.05, 3.63) is 58.5 Å². The molecule has 3 aromatic rings. The summed E-state index contributed by atoms with van der Waals surface area (Å²) in [6.45, 7) is 5.65. The van der Waals surface area contributed by atoms with Crippen molar-refractivity contribution in [2.24, 2.45) is 0 Å². The van der Waals surface area contributed by atoms with Crippen molar-refractivity contribution in [3.8, 4) is 5.75 Å². The molecule has 0 aliphatic carbocycles. The zero-order chi connectivity index (χ0) is 24.1. The number of nitrogens with zero attached hydrogens (tertiary/aromatic N) is 3. The molecule has 0 bridgehead atoms. The first kappa shape index (κ1) is 24.1. The molecule has 8 nitrogen and oxygen atoms in total. The first-order valence-corrected chi connectivity index (χ1v) is 11.5. The summed E-state index contributed by atoms with van der Waals surface area (Å²) >= 11 is 5.80. The second-order valence-corrected chi connectivity index (χ2v) is 8.36. The van der Waals surface area contributed by atoms with Crippen molar-refractivity contribution in [3.63, 3.8) is 0 Å². The van der Waals surface area contributed by atoms with Gasteiger partial charge in [0.2, 0.25) is 0 Å². The molecule has 1 aliphatic heterocycles. The summed E-state index contributed by atoms with van der Waals surface area (Å²) in [5.74, 6) is 0.266. The van der Waals surface area contributed by atoms with Gasteiger partial charge in [-0.3, -0.25) is 9.78 Å². The van der Waals surface area contributed by atoms with Gasteiger partial charge in [0.05, 0.1) is 35.5 Å². The topological polar surface area (TPSA) is 88.6 Å². The zero-order valence-electron chi connectivity index (χ0n) is 19.1. The number of hydrogen-bond donors (Lipinski definition) is 2. The minimum absolute atomic E-state index is 0.0201. The molecule has 1 fully saturated rings. The SMILES string of the molecule is CNCCNC(=O)c1cc(C(C)Oc2ccc(Cl)c(F)c2)c2nc(N3CCOCC3)cnc2c1. The molecule has 10 heteroatoms. The van der Waals surface area contributed by atoms with Gasteiger partial charge in [-0.15, -0.1) is 0 Å². The van der Waals surface area contributed by atoms with Crippen LogP contribution in [0.2, 0.25) is 5.02 Å². The Labute approximate surface area is 202 Å². The lowest BCUT2D eigenvalue weighted by molar-refractivity contribution is 0.0954. The van der Waals surface area contributed by atoms with E-state index in [1.807, 2.05) is 14.0 Å². The van der Waals surface area contributed by atoms with Gasteiger partial charge in [0, 0.05) is 43.4 Å². The lowest BCUT2D eigenvalue weighted by Crippen LogP contribution is -2.36. The Bertz CT molecular complexity index is 1170. The molecular formula is C24H27ClFN5O3. The van der Waals surface area contributed by atoms with Crippen molar-refractivity contribution in [2.45, 2.75) is 13.0 Å². The average Bonchev–Trinajstić information content (AvgIpc) is 2.85. The number of morpholine rings is 1. The van der Waals surface area contributed by atoms with Crippen molar-refractivity contribution in [1.29, 1.82) is 0 Å². The molecule has 1 saturated heterocycles. The maximum Gasteiger partial charge on any atom is 0.251 e. The lowest BCUT2D eigenvalue weighted by atomic mass is 10.0. The third-order valence-corrected chi connectivity index (χ3v) is 5.87. The van der Waals surface area contributed by atoms with Crippen molar-refractivity contribution in [1.82, 2.24) is 20.6 Å². The molecule has 0 saturated carbocycles. The largest absolute Gasteiger partial charge is 0.486 e. The highest BCUT2D eigenvalue weighted by Gasteiger charge is 2.20. The number of nitrogens with one attached hydrogen (secondary N) is 2. The predicted molar refractivity (Wildman–Crippen MR) is 129 cm³/mol. The first-order chi connectivity index (χ1) is 16.5. The predicted octanol–water partition coefficient (Wildman–Crippen LogP) is 3.35. The number of aromatic nitrogens is 2. The third-order valence-electron chi connectivity index (χ3n) is 5.56. The van der Waals surface area contributed by atoms with Crippen LogP contribution in [0.3, 0.4) is 0 Å². The third kappa shape index (κ3) is 5.55. The fourth-order valence-corrected chi connectivity index (χ4v) is 3.86. The molecule has 1 atom stereocenters. The summed E-state index contributed by atoms with van der Waals surface area (Å²) in [6, 6.07) is 7.76. The molecule has 1 amide bonds. The second-order valence-electron chi connectivity index (χ2n) is 7.96. The molecule has 2 heterocycles. The van der Waals surface area contributed by atoms with Gasteiger partial charge >= 0.3 is 0 Å². The Morgan fingerprint density at radius 2 is 2.06 bits per heavy atom. The standard InChI is InChI=1S/C24H27ClFN5O3/c1-15(34-17-3-4-19(25)20(26)13-17)18-11-16(24(32)28-6-5-27-2)12-21-23(18)30-22(14-29-21)31-7-9-33-10-8-31/h3-4,11-15,27H,5-10H2,1-2H3,(H,28,32). The van der Waals surface area contributed by atoms with E-state index in [0.29, 0.717) is 54.2 Å². The number of carbonyl (C=O) groups excluding carboxylic acids is 1. The van der Waals surface area contributed by atoms with Crippen LogP contribution in [0, 0.1) is 5.82 Å². The fraction of sp³-hybridized carbons (Fsp3) is 0.375. The van der Waals surface area contributed by atoms with Gasteiger partial charge in [-0.25, -0.2) is 9.37 Å². The van der Waals surface area contributed by atoms with Gasteiger partial charge in [-0.1, -0.05) is 11.6 Å². The van der Waals surface area contributed by atoms with E-state index in [4.69, 9.17) is 26.1 Å². The molecule has 1 unspecified atom stereocenters. The van der Waals surface area contributed by atoms with E-state index in [-0.39, 0.29) is 10.9 Å². The van der Waals surface area contributed by atoms with Crippen LogP contribution in [0.25, 0.3) is 11.0 Å². The van der Waals surface area contributed by atoms with Gasteiger partial charge in [0.1, 0.15) is 23.5 Å². The van der Waals surface area contributed by atoms with Crippen molar-refractivity contribution >= 4 is 34.4 Å². The van der Waals surface area contributed by atoms with E-state index in [1.165, 1.54) is 12.1 Å². The van der Waals surface area contributed by atoms with E-state index in [2.05, 4.69) is 20.5 Å². The van der Waals surface area contributed by atoms with E-state index < -0.39 is 11.9 Å². The quantitative estimate of drug-likeness (QED) is 0.471. The fourth-order valence-electron chi connectivity index (χ4n) is 3.74. The van der Waals surface area contributed by atoms with Crippen LogP contribution in [0.1, 0.15) is 28.9 Å². The monoisotopic (exact) mass is 487 g/mol. The Hall–Kier alpha value is -3.01. The average molecular weight is 488 g/mol. The molecule has 1 aromatic heterocycles. The first-order valence-electron chi connectivity index (χ1n) is 11.1. The molecule has 2 N–H and O–H groups in total. The molecule has 0 radical (unpaired) electrons. The van der Waals surface area contributed by atoms with Gasteiger partial charge < -0.3 is 25.0 Å². The summed E-state index contributed by atoms with van der Waals surface area (Å²) in [7, 11) is 1.82. The van der Waals surface area contributed by atoms with Gasteiger partial charge in [-0.2, -0.15) is 0 Å². The van der Waals surface area contributed by atoms with E-state index in [9.17, 15) is 9.18 Å². The minimum atomic E-state index is -0.566. The number of ether oxygens (including phenoxy) is 2. The van der Waals surface area contributed by atoms with Crippen LogP contribution < -0.4 is 20.3 Å². The number of benzene rings is 2. The summed E-state index contributed by atoms with van der Waals surface area (Å²) < 4.78 is 25.4. The Kier molecular flexibility index (Phi) is 7.77. The van der Waals surface area contributed by atoms with Gasteiger partial charge in [0.25, 0.3) is 5.91 Å². The van der Waals surface area contributed by atoms with Gasteiger partial charge in [-0.05, 0) is 38.2 Å². The van der Waals surface area contributed by atoms with Crippen LogP contribution >= 0.6 is 11.6 Å². The molecule has 1 aliphatic rings. The number of fused-ring (bicyclic) bond motifs is 1. The molecule has 180 valence electrons. The number of rotatable bonds is 8. The van der Waals surface area contributed by atoms with Crippen molar-refractivity contribution < 1.29 is 18.7 Å². The van der Waals surface area contributed by atoms with E-state index in [0.717, 1.165) is 18.9 Å². The molecule has 34 heavy (non-hydrogen) atoms. The van der Waals surface area contributed by atoms with E-state index >= 15 is 0 Å². The second kappa shape index (κ2) is 10.9. The van der Waals surface area contributed by atoms with Crippen LogP contribution in [0.15, 0.2) is 36.5 Å². The van der Waals surface area contributed by atoms with Crippen LogP contribution in [-0.2, 0) is 4.74 Å². The normalized spacial score (nSPS) is 14.8. The lowest BCUT2D eigenvalue weighted by Gasteiger charge is -2.28. The smallest absolute Gasteiger partial charge is 0.251 e. The van der Waals surface area contributed by atoms with Crippen LogP contribution in [0.4, 0.5) is 10.2 Å². The molecular weight excluding hydrogens is 461 g/mol. The van der Waals surface area contributed by atoms with Crippen LogP contribution in [0.5, 0.6) is 5.75 Å².